The quantitative estimate of drug-likeness (QED) is 0.563. The van der Waals surface area contributed by atoms with E-state index in [1.54, 1.807) is 11.3 Å². The minimum absolute atomic E-state index is 0.0620. The standard InChI is InChI=1S/C22H28N4OS2/c1-15-10-17-12-18(21(27)24-20(17)11-16(15)2)13-26(14-19-6-5-9-29-19)22(28)23-7-8-25(3)4/h5-6,9-12H,7-8,13-14H2,1-4H3,(H,23,28)(H,24,27). The fourth-order valence-corrected chi connectivity index (χ4v) is 4.08. The van der Waals surface area contributed by atoms with Gasteiger partial charge in [-0.2, -0.15) is 0 Å². The van der Waals surface area contributed by atoms with E-state index in [9.17, 15) is 4.79 Å². The first-order chi connectivity index (χ1) is 13.8. The van der Waals surface area contributed by atoms with E-state index in [1.807, 2.05) is 32.3 Å². The number of hydrogen-bond donors (Lipinski definition) is 2. The van der Waals surface area contributed by atoms with Gasteiger partial charge in [-0.3, -0.25) is 4.79 Å². The van der Waals surface area contributed by atoms with Gasteiger partial charge >= 0.3 is 0 Å². The molecule has 154 valence electrons. The van der Waals surface area contributed by atoms with Crippen LogP contribution in [0.4, 0.5) is 0 Å². The summed E-state index contributed by atoms with van der Waals surface area (Å²) in [5.41, 5.74) is 3.92. The van der Waals surface area contributed by atoms with E-state index < -0.39 is 0 Å². The summed E-state index contributed by atoms with van der Waals surface area (Å²) in [6.07, 6.45) is 0. The molecule has 0 atom stereocenters. The van der Waals surface area contributed by atoms with Gasteiger partial charge in [0.15, 0.2) is 5.11 Å². The van der Waals surface area contributed by atoms with Gasteiger partial charge in [-0.05, 0) is 86.3 Å². The molecular weight excluding hydrogens is 400 g/mol. The normalized spacial score (nSPS) is 11.2. The fraction of sp³-hybridized carbons (Fsp3) is 0.364. The summed E-state index contributed by atoms with van der Waals surface area (Å²) in [6.45, 7) is 6.94. The fourth-order valence-electron chi connectivity index (χ4n) is 3.13. The highest BCUT2D eigenvalue weighted by atomic mass is 32.1. The molecule has 0 aliphatic carbocycles. The van der Waals surface area contributed by atoms with Gasteiger partial charge in [0.05, 0.1) is 13.1 Å². The summed E-state index contributed by atoms with van der Waals surface area (Å²) in [5, 5.41) is 7.10. The van der Waals surface area contributed by atoms with E-state index in [-0.39, 0.29) is 5.56 Å². The summed E-state index contributed by atoms with van der Waals surface area (Å²) in [5.74, 6) is 0. The van der Waals surface area contributed by atoms with Crippen molar-refractivity contribution in [3.05, 3.63) is 67.6 Å². The maximum absolute atomic E-state index is 12.7. The summed E-state index contributed by atoms with van der Waals surface area (Å²) >= 11 is 7.36. The number of rotatable bonds is 7. The number of fused-ring (bicyclic) bond motifs is 1. The molecule has 0 saturated carbocycles. The first kappa shape index (κ1) is 21.5. The number of thiocarbonyl (C=S) groups is 1. The summed E-state index contributed by atoms with van der Waals surface area (Å²) in [4.78, 5) is 21.2. The van der Waals surface area contributed by atoms with Gasteiger partial charge in [-0.15, -0.1) is 11.3 Å². The molecule has 3 aromatic rings. The van der Waals surface area contributed by atoms with Crippen LogP contribution in [0.3, 0.4) is 0 Å². The van der Waals surface area contributed by atoms with Crippen LogP contribution in [-0.4, -0.2) is 47.1 Å². The Labute approximate surface area is 181 Å². The van der Waals surface area contributed by atoms with E-state index in [2.05, 4.69) is 51.5 Å². The van der Waals surface area contributed by atoms with E-state index >= 15 is 0 Å². The van der Waals surface area contributed by atoms with Crippen LogP contribution in [0.15, 0.2) is 40.5 Å². The molecule has 7 heteroatoms. The number of benzene rings is 1. The van der Waals surface area contributed by atoms with E-state index in [1.165, 1.54) is 16.0 Å². The van der Waals surface area contributed by atoms with Gasteiger partial charge in [0.1, 0.15) is 0 Å². The Balaban J connectivity index is 1.86. The second kappa shape index (κ2) is 9.52. The molecule has 5 nitrogen and oxygen atoms in total. The van der Waals surface area contributed by atoms with Crippen molar-refractivity contribution in [1.29, 1.82) is 0 Å². The molecule has 0 unspecified atom stereocenters. The predicted molar refractivity (Wildman–Crippen MR) is 127 cm³/mol. The first-order valence-corrected chi connectivity index (χ1v) is 11.0. The lowest BCUT2D eigenvalue weighted by molar-refractivity contribution is 0.383. The van der Waals surface area contributed by atoms with E-state index in [4.69, 9.17) is 12.2 Å². The van der Waals surface area contributed by atoms with Gasteiger partial charge < -0.3 is 20.1 Å². The van der Waals surface area contributed by atoms with Crippen molar-refractivity contribution >= 4 is 39.6 Å². The molecule has 29 heavy (non-hydrogen) atoms. The number of aryl methyl sites for hydroxylation is 2. The second-order valence-corrected chi connectivity index (χ2v) is 9.04. The van der Waals surface area contributed by atoms with Gasteiger partial charge in [0.25, 0.3) is 5.56 Å². The lowest BCUT2D eigenvalue weighted by atomic mass is 10.0. The summed E-state index contributed by atoms with van der Waals surface area (Å²) in [6, 6.07) is 10.3. The van der Waals surface area contributed by atoms with Crippen LogP contribution >= 0.6 is 23.6 Å². The van der Waals surface area contributed by atoms with Crippen molar-refractivity contribution < 1.29 is 0 Å². The van der Waals surface area contributed by atoms with Crippen molar-refractivity contribution in [2.24, 2.45) is 0 Å². The third-order valence-electron chi connectivity index (χ3n) is 4.95. The average molecular weight is 429 g/mol. The lowest BCUT2D eigenvalue weighted by Gasteiger charge is -2.26. The molecule has 0 fully saturated rings. The Morgan fingerprint density at radius 1 is 1.17 bits per heavy atom. The number of pyridine rings is 1. The maximum Gasteiger partial charge on any atom is 0.253 e. The number of nitrogens with zero attached hydrogens (tertiary/aromatic N) is 2. The molecule has 0 radical (unpaired) electrons. The molecule has 3 rings (SSSR count). The van der Waals surface area contributed by atoms with Crippen LogP contribution in [0.1, 0.15) is 21.6 Å². The SMILES string of the molecule is Cc1cc2cc(CN(Cc3cccs3)C(=S)NCCN(C)C)c(=O)[nH]c2cc1C. The highest BCUT2D eigenvalue weighted by molar-refractivity contribution is 7.80. The number of nitrogens with one attached hydrogen (secondary N) is 2. The van der Waals surface area contributed by atoms with Gasteiger partial charge in [0, 0.05) is 29.0 Å². The maximum atomic E-state index is 12.7. The Morgan fingerprint density at radius 3 is 2.62 bits per heavy atom. The van der Waals surface area contributed by atoms with Crippen LogP contribution in [0.25, 0.3) is 10.9 Å². The highest BCUT2D eigenvalue weighted by Gasteiger charge is 2.15. The number of aromatic amines is 1. The molecule has 2 heterocycles. The molecule has 0 spiro atoms. The van der Waals surface area contributed by atoms with Gasteiger partial charge in [-0.1, -0.05) is 6.07 Å². The van der Waals surface area contributed by atoms with Gasteiger partial charge in [-0.25, -0.2) is 0 Å². The zero-order valence-corrected chi connectivity index (χ0v) is 19.0. The summed E-state index contributed by atoms with van der Waals surface area (Å²) in [7, 11) is 4.07. The molecule has 0 bridgehead atoms. The molecule has 1 aromatic carbocycles. The molecule has 2 aromatic heterocycles. The zero-order valence-electron chi connectivity index (χ0n) is 17.4. The largest absolute Gasteiger partial charge is 0.361 e. The Hall–Kier alpha value is -2.22. The monoisotopic (exact) mass is 428 g/mol. The smallest absolute Gasteiger partial charge is 0.253 e. The van der Waals surface area contributed by atoms with Crippen LogP contribution in [0.5, 0.6) is 0 Å². The van der Waals surface area contributed by atoms with E-state index in [0.29, 0.717) is 23.8 Å². The Kier molecular flexibility index (Phi) is 7.05. The first-order valence-electron chi connectivity index (χ1n) is 9.66. The molecule has 2 N–H and O–H groups in total. The average Bonchev–Trinajstić information content (AvgIpc) is 3.16. The lowest BCUT2D eigenvalue weighted by Crippen LogP contribution is -2.42. The number of H-pyrrole nitrogens is 1. The number of hydrogen-bond acceptors (Lipinski definition) is 4. The van der Waals surface area contributed by atoms with Gasteiger partial charge in [0.2, 0.25) is 0 Å². The van der Waals surface area contributed by atoms with Crippen LogP contribution < -0.4 is 10.9 Å². The molecule has 0 aliphatic rings. The third-order valence-corrected chi connectivity index (χ3v) is 6.21. The molecular formula is C22H28N4OS2. The second-order valence-electron chi connectivity index (χ2n) is 7.62. The van der Waals surface area contributed by atoms with Crippen molar-refractivity contribution in [2.75, 3.05) is 27.2 Å². The van der Waals surface area contributed by atoms with Crippen molar-refractivity contribution in [2.45, 2.75) is 26.9 Å². The van der Waals surface area contributed by atoms with Crippen LogP contribution in [-0.2, 0) is 13.1 Å². The summed E-state index contributed by atoms with van der Waals surface area (Å²) < 4.78 is 0. The topological polar surface area (TPSA) is 51.4 Å². The predicted octanol–water partition coefficient (Wildman–Crippen LogP) is 3.64. The third kappa shape index (κ3) is 5.65. The molecule has 0 aliphatic heterocycles. The number of thiophene rings is 1. The molecule has 0 amide bonds. The zero-order chi connectivity index (χ0) is 21.0. The Bertz CT molecular complexity index is 1040. The van der Waals surface area contributed by atoms with Crippen molar-refractivity contribution in [1.82, 2.24) is 20.1 Å². The molecule has 0 saturated heterocycles. The van der Waals surface area contributed by atoms with Crippen LogP contribution in [0.2, 0.25) is 0 Å². The Morgan fingerprint density at radius 2 is 1.93 bits per heavy atom. The van der Waals surface area contributed by atoms with Crippen LogP contribution in [0, 0.1) is 13.8 Å². The van der Waals surface area contributed by atoms with Crippen molar-refractivity contribution in [3.8, 4) is 0 Å². The number of aromatic nitrogens is 1. The minimum Gasteiger partial charge on any atom is -0.361 e. The highest BCUT2D eigenvalue weighted by Crippen LogP contribution is 2.19. The van der Waals surface area contributed by atoms with E-state index in [0.717, 1.165) is 24.0 Å². The minimum atomic E-state index is -0.0620. The van der Waals surface area contributed by atoms with Crippen molar-refractivity contribution in [3.63, 3.8) is 0 Å². The number of likely N-dealkylation sites (N-methyl/N-ethyl adjacent to an activating group) is 1.